The average Bonchev–Trinajstić information content (AvgIpc) is 2.80. The molecule has 2 fully saturated rings. The highest BCUT2D eigenvalue weighted by Crippen LogP contribution is 2.36. The highest BCUT2D eigenvalue weighted by atomic mass is 19.1. The van der Waals surface area contributed by atoms with Crippen molar-refractivity contribution < 1.29 is 13.9 Å². The Morgan fingerprint density at radius 2 is 1.84 bits per heavy atom. The van der Waals surface area contributed by atoms with Gasteiger partial charge in [0.1, 0.15) is 5.82 Å². The van der Waals surface area contributed by atoms with Crippen molar-refractivity contribution in [1.29, 1.82) is 0 Å². The molecule has 0 unspecified atom stereocenters. The zero-order valence-corrected chi connectivity index (χ0v) is 11.2. The molecule has 1 aromatic rings. The molecule has 1 aromatic carbocycles. The Bertz CT molecular complexity index is 427. The molecule has 19 heavy (non-hydrogen) atoms. The van der Waals surface area contributed by atoms with Crippen molar-refractivity contribution >= 4 is 5.69 Å². The van der Waals surface area contributed by atoms with Gasteiger partial charge in [0.2, 0.25) is 0 Å². The van der Waals surface area contributed by atoms with Crippen LogP contribution in [0.3, 0.4) is 0 Å². The lowest BCUT2D eigenvalue weighted by atomic mass is 9.90. The summed E-state index contributed by atoms with van der Waals surface area (Å²) in [6.45, 7) is 3.33. The van der Waals surface area contributed by atoms with E-state index >= 15 is 0 Å². The molecule has 1 aliphatic carbocycles. The molecular weight excluding hydrogens is 245 g/mol. The minimum atomic E-state index is -0.323. The number of anilines is 1. The first-order valence-corrected chi connectivity index (χ1v) is 6.97. The molecule has 1 saturated heterocycles. The fourth-order valence-corrected chi connectivity index (χ4v) is 3.04. The second-order valence-corrected chi connectivity index (χ2v) is 5.54. The summed E-state index contributed by atoms with van der Waals surface area (Å²) in [5.74, 6) is -0.506. The smallest absolute Gasteiger partial charge is 0.168 e. The summed E-state index contributed by atoms with van der Waals surface area (Å²) in [5, 5.41) is 3.42. The van der Waals surface area contributed by atoms with Gasteiger partial charge in [-0.1, -0.05) is 0 Å². The van der Waals surface area contributed by atoms with Crippen molar-refractivity contribution in [3.8, 4) is 0 Å². The fraction of sp³-hybridized carbons (Fsp3) is 0.600. The van der Waals surface area contributed by atoms with Crippen LogP contribution >= 0.6 is 0 Å². The van der Waals surface area contributed by atoms with Crippen LogP contribution in [-0.4, -0.2) is 25.0 Å². The van der Waals surface area contributed by atoms with Gasteiger partial charge in [0, 0.05) is 24.6 Å². The number of hydrogen-bond donors (Lipinski definition) is 1. The number of benzene rings is 1. The molecule has 0 radical (unpaired) electrons. The van der Waals surface area contributed by atoms with Crippen LogP contribution in [0.5, 0.6) is 0 Å². The van der Waals surface area contributed by atoms with E-state index in [1.54, 1.807) is 12.1 Å². The summed E-state index contributed by atoms with van der Waals surface area (Å²) >= 11 is 0. The lowest BCUT2D eigenvalue weighted by molar-refractivity contribution is -0.177. The fourth-order valence-electron chi connectivity index (χ4n) is 3.04. The van der Waals surface area contributed by atoms with Crippen molar-refractivity contribution in [2.24, 2.45) is 0 Å². The summed E-state index contributed by atoms with van der Waals surface area (Å²) in [7, 11) is 0. The Labute approximate surface area is 113 Å². The molecule has 3 nitrogen and oxygen atoms in total. The lowest BCUT2D eigenvalue weighted by Crippen LogP contribution is -2.39. The number of ether oxygens (including phenoxy) is 2. The Morgan fingerprint density at radius 1 is 1.16 bits per heavy atom. The Hall–Kier alpha value is -1.13. The number of halogens is 1. The quantitative estimate of drug-likeness (QED) is 0.890. The summed E-state index contributed by atoms with van der Waals surface area (Å²) in [5.41, 5.74) is 1.81. The van der Waals surface area contributed by atoms with Crippen LogP contribution in [0.2, 0.25) is 0 Å². The van der Waals surface area contributed by atoms with E-state index < -0.39 is 0 Å². The molecular formula is C15H20FNO2. The van der Waals surface area contributed by atoms with Gasteiger partial charge in [-0.3, -0.25) is 0 Å². The third kappa shape index (κ3) is 2.90. The van der Waals surface area contributed by atoms with Crippen LogP contribution in [0, 0.1) is 12.7 Å². The van der Waals surface area contributed by atoms with Crippen LogP contribution < -0.4 is 5.32 Å². The first kappa shape index (κ1) is 12.9. The number of rotatable bonds is 2. The third-order valence-electron chi connectivity index (χ3n) is 3.97. The first-order chi connectivity index (χ1) is 9.15. The predicted molar refractivity (Wildman–Crippen MR) is 71.7 cm³/mol. The molecule has 1 heterocycles. The molecule has 0 atom stereocenters. The monoisotopic (exact) mass is 265 g/mol. The predicted octanol–water partition coefficient (Wildman–Crippen LogP) is 3.23. The molecule has 0 amide bonds. The van der Waals surface area contributed by atoms with Crippen molar-refractivity contribution in [1.82, 2.24) is 0 Å². The number of nitrogens with one attached hydrogen (secondary N) is 1. The minimum Gasteiger partial charge on any atom is -0.382 e. The summed E-state index contributed by atoms with van der Waals surface area (Å²) in [4.78, 5) is 0. The maximum Gasteiger partial charge on any atom is 0.168 e. The summed E-state index contributed by atoms with van der Waals surface area (Å²) < 4.78 is 24.8. The van der Waals surface area contributed by atoms with E-state index in [-0.39, 0.29) is 11.6 Å². The topological polar surface area (TPSA) is 30.5 Å². The average molecular weight is 265 g/mol. The van der Waals surface area contributed by atoms with Gasteiger partial charge >= 0.3 is 0 Å². The van der Waals surface area contributed by atoms with E-state index in [4.69, 9.17) is 9.47 Å². The van der Waals surface area contributed by atoms with Gasteiger partial charge in [0.15, 0.2) is 5.79 Å². The third-order valence-corrected chi connectivity index (χ3v) is 3.97. The number of aryl methyl sites for hydroxylation is 1. The summed E-state index contributed by atoms with van der Waals surface area (Å²) in [6, 6.07) is 5.46. The first-order valence-electron chi connectivity index (χ1n) is 6.97. The molecule has 0 aromatic heterocycles. The van der Waals surface area contributed by atoms with Gasteiger partial charge in [-0.25, -0.2) is 4.39 Å². The van der Waals surface area contributed by atoms with Crippen molar-refractivity contribution in [2.45, 2.75) is 44.4 Å². The SMILES string of the molecule is Cc1cc(F)cc(NC2CCC3(CC2)OCCO3)c1. The molecule has 2 aliphatic rings. The Kier molecular flexibility index (Phi) is 3.46. The van der Waals surface area contributed by atoms with Crippen LogP contribution in [0.15, 0.2) is 18.2 Å². The van der Waals surface area contributed by atoms with Gasteiger partial charge in [0.05, 0.1) is 13.2 Å². The summed E-state index contributed by atoms with van der Waals surface area (Å²) in [6.07, 6.45) is 3.82. The standard InChI is InChI=1S/C15H20FNO2/c1-11-8-12(16)10-14(9-11)17-13-2-4-15(5-3-13)18-6-7-19-15/h8-10,13,17H,2-7H2,1H3. The normalized spacial score (nSPS) is 22.8. The van der Waals surface area contributed by atoms with Crippen LogP contribution in [0.25, 0.3) is 0 Å². The highest BCUT2D eigenvalue weighted by Gasteiger charge is 2.40. The van der Waals surface area contributed by atoms with Crippen molar-refractivity contribution in [3.05, 3.63) is 29.6 Å². The van der Waals surface area contributed by atoms with E-state index in [0.29, 0.717) is 19.3 Å². The van der Waals surface area contributed by atoms with Gasteiger partial charge in [-0.05, 0) is 43.5 Å². The molecule has 1 spiro atoms. The molecule has 1 saturated carbocycles. The molecule has 1 N–H and O–H groups in total. The Morgan fingerprint density at radius 3 is 2.47 bits per heavy atom. The molecule has 104 valence electrons. The van der Waals surface area contributed by atoms with Gasteiger partial charge in [-0.15, -0.1) is 0 Å². The minimum absolute atomic E-state index is 0.183. The van der Waals surface area contributed by atoms with Crippen LogP contribution in [0.1, 0.15) is 31.2 Å². The van der Waals surface area contributed by atoms with Crippen LogP contribution in [-0.2, 0) is 9.47 Å². The second kappa shape index (κ2) is 5.10. The van der Waals surface area contributed by atoms with E-state index in [2.05, 4.69) is 5.32 Å². The molecule has 0 bridgehead atoms. The van der Waals surface area contributed by atoms with Gasteiger partial charge in [-0.2, -0.15) is 0 Å². The maximum atomic E-state index is 13.3. The molecule has 3 rings (SSSR count). The largest absolute Gasteiger partial charge is 0.382 e. The Balaban J connectivity index is 1.59. The molecule has 1 aliphatic heterocycles. The number of hydrogen-bond acceptors (Lipinski definition) is 3. The maximum absolute atomic E-state index is 13.3. The van der Waals surface area contributed by atoms with Crippen LogP contribution in [0.4, 0.5) is 10.1 Å². The van der Waals surface area contributed by atoms with Crippen molar-refractivity contribution in [3.63, 3.8) is 0 Å². The van der Waals surface area contributed by atoms with E-state index in [9.17, 15) is 4.39 Å². The van der Waals surface area contributed by atoms with E-state index in [0.717, 1.165) is 36.9 Å². The zero-order chi connectivity index (χ0) is 13.3. The van der Waals surface area contributed by atoms with Gasteiger partial charge < -0.3 is 14.8 Å². The van der Waals surface area contributed by atoms with Gasteiger partial charge in [0.25, 0.3) is 0 Å². The van der Waals surface area contributed by atoms with E-state index in [1.165, 1.54) is 0 Å². The lowest BCUT2D eigenvalue weighted by Gasteiger charge is -2.36. The molecule has 4 heteroatoms. The van der Waals surface area contributed by atoms with E-state index in [1.807, 2.05) is 13.0 Å². The highest BCUT2D eigenvalue weighted by molar-refractivity contribution is 5.46. The second-order valence-electron chi connectivity index (χ2n) is 5.54. The van der Waals surface area contributed by atoms with Crippen molar-refractivity contribution in [2.75, 3.05) is 18.5 Å². The zero-order valence-electron chi connectivity index (χ0n) is 11.2.